The van der Waals surface area contributed by atoms with Crippen LogP contribution in [0.1, 0.15) is 23.7 Å². The number of nitrogens with zero attached hydrogens (tertiary/aromatic N) is 1. The maximum Gasteiger partial charge on any atom is 0.252 e. The molecule has 1 rings (SSSR count). The number of rotatable bonds is 7. The van der Waals surface area contributed by atoms with Crippen LogP contribution < -0.4 is 16.6 Å². The van der Waals surface area contributed by atoms with Crippen molar-refractivity contribution in [2.24, 2.45) is 5.84 Å². The Labute approximate surface area is 111 Å². The largest absolute Gasteiger partial charge is 0.382 e. The first-order chi connectivity index (χ1) is 8.69. The topological polar surface area (TPSA) is 89.3 Å². The van der Waals surface area contributed by atoms with Crippen molar-refractivity contribution in [1.29, 1.82) is 0 Å². The SMILES string of the molecule is CCOCCCNC(=O)c1cnc(NN)c(Cl)c1. The number of pyridine rings is 1. The minimum absolute atomic E-state index is 0.218. The number of nitrogens with one attached hydrogen (secondary N) is 2. The molecule has 0 atom stereocenters. The third kappa shape index (κ3) is 4.48. The number of hydrazine groups is 1. The first-order valence-electron chi connectivity index (χ1n) is 5.67. The Kier molecular flexibility index (Phi) is 6.42. The van der Waals surface area contributed by atoms with Crippen LogP contribution in [0.15, 0.2) is 12.3 Å². The van der Waals surface area contributed by atoms with Crippen molar-refractivity contribution >= 4 is 23.3 Å². The van der Waals surface area contributed by atoms with Crippen LogP contribution in [0.4, 0.5) is 5.82 Å². The van der Waals surface area contributed by atoms with Gasteiger partial charge in [0.15, 0.2) is 5.82 Å². The summed E-state index contributed by atoms with van der Waals surface area (Å²) in [6.45, 7) is 3.79. The molecular formula is C11H17ClN4O2. The van der Waals surface area contributed by atoms with Gasteiger partial charge in [-0.3, -0.25) is 4.79 Å². The third-order valence-electron chi connectivity index (χ3n) is 2.20. The van der Waals surface area contributed by atoms with Crippen LogP contribution in [-0.4, -0.2) is 30.6 Å². The summed E-state index contributed by atoms with van der Waals surface area (Å²) >= 11 is 5.87. The van der Waals surface area contributed by atoms with Crippen molar-refractivity contribution in [1.82, 2.24) is 10.3 Å². The fourth-order valence-electron chi connectivity index (χ4n) is 1.29. The van der Waals surface area contributed by atoms with E-state index in [9.17, 15) is 4.79 Å². The highest BCUT2D eigenvalue weighted by Gasteiger charge is 2.08. The third-order valence-corrected chi connectivity index (χ3v) is 2.48. The second-order valence-corrected chi connectivity index (χ2v) is 3.91. The summed E-state index contributed by atoms with van der Waals surface area (Å²) in [7, 11) is 0. The van der Waals surface area contributed by atoms with Gasteiger partial charge in [-0.15, -0.1) is 0 Å². The highest BCUT2D eigenvalue weighted by Crippen LogP contribution is 2.18. The second kappa shape index (κ2) is 7.86. The van der Waals surface area contributed by atoms with Gasteiger partial charge in [0.05, 0.1) is 10.6 Å². The average Bonchev–Trinajstić information content (AvgIpc) is 2.38. The molecule has 0 saturated heterocycles. The maximum absolute atomic E-state index is 11.7. The van der Waals surface area contributed by atoms with E-state index in [1.165, 1.54) is 12.3 Å². The predicted octanol–water partition coefficient (Wildman–Crippen LogP) is 1.18. The summed E-state index contributed by atoms with van der Waals surface area (Å²) in [6.07, 6.45) is 2.18. The number of nitrogens with two attached hydrogens (primary N) is 1. The molecule has 0 aromatic carbocycles. The Morgan fingerprint density at radius 2 is 2.39 bits per heavy atom. The van der Waals surface area contributed by atoms with Gasteiger partial charge in [0.1, 0.15) is 0 Å². The Morgan fingerprint density at radius 1 is 1.61 bits per heavy atom. The number of carbonyl (C=O) groups excluding carboxylic acids is 1. The smallest absolute Gasteiger partial charge is 0.252 e. The fraction of sp³-hybridized carbons (Fsp3) is 0.455. The van der Waals surface area contributed by atoms with Gasteiger partial charge in [-0.2, -0.15) is 0 Å². The van der Waals surface area contributed by atoms with Gasteiger partial charge in [-0.1, -0.05) is 11.6 Å². The Balaban J connectivity index is 2.44. The lowest BCUT2D eigenvalue weighted by molar-refractivity contribution is 0.0944. The fourth-order valence-corrected chi connectivity index (χ4v) is 1.51. The molecule has 7 heteroatoms. The van der Waals surface area contributed by atoms with Gasteiger partial charge in [0.25, 0.3) is 5.91 Å². The lowest BCUT2D eigenvalue weighted by Gasteiger charge is -2.07. The van der Waals surface area contributed by atoms with Crippen LogP contribution in [0.2, 0.25) is 5.02 Å². The summed E-state index contributed by atoms with van der Waals surface area (Å²) in [5.74, 6) is 5.31. The van der Waals surface area contributed by atoms with Gasteiger partial charge >= 0.3 is 0 Å². The summed E-state index contributed by atoms with van der Waals surface area (Å²) in [5, 5.41) is 3.06. The van der Waals surface area contributed by atoms with Crippen LogP contribution in [-0.2, 0) is 4.74 Å². The van der Waals surface area contributed by atoms with Gasteiger partial charge in [0.2, 0.25) is 0 Å². The first kappa shape index (κ1) is 14.7. The average molecular weight is 273 g/mol. The zero-order valence-electron chi connectivity index (χ0n) is 10.2. The minimum Gasteiger partial charge on any atom is -0.382 e. The molecule has 1 amide bonds. The van der Waals surface area contributed by atoms with E-state index in [-0.39, 0.29) is 5.91 Å². The van der Waals surface area contributed by atoms with Crippen LogP contribution >= 0.6 is 11.6 Å². The van der Waals surface area contributed by atoms with Crippen LogP contribution in [0.5, 0.6) is 0 Å². The monoisotopic (exact) mass is 272 g/mol. The first-order valence-corrected chi connectivity index (χ1v) is 6.05. The normalized spacial score (nSPS) is 10.2. The van der Waals surface area contributed by atoms with Gasteiger partial charge in [0, 0.05) is 26.0 Å². The molecule has 4 N–H and O–H groups in total. The number of aromatic nitrogens is 1. The van der Waals surface area contributed by atoms with Gasteiger partial charge in [-0.05, 0) is 19.4 Å². The van der Waals surface area contributed by atoms with Crippen molar-refractivity contribution in [3.8, 4) is 0 Å². The van der Waals surface area contributed by atoms with E-state index >= 15 is 0 Å². The number of hydrogen-bond donors (Lipinski definition) is 3. The molecule has 0 bridgehead atoms. The van der Waals surface area contributed by atoms with Crippen molar-refractivity contribution < 1.29 is 9.53 Å². The molecule has 0 spiro atoms. The Hall–Kier alpha value is -1.37. The Morgan fingerprint density at radius 3 is 3.00 bits per heavy atom. The van der Waals surface area contributed by atoms with Crippen molar-refractivity contribution in [3.05, 3.63) is 22.8 Å². The number of carbonyl (C=O) groups is 1. The summed E-state index contributed by atoms with van der Waals surface area (Å²) < 4.78 is 5.16. The van der Waals surface area contributed by atoms with E-state index in [2.05, 4.69) is 15.7 Å². The summed E-state index contributed by atoms with van der Waals surface area (Å²) in [6, 6.07) is 1.52. The number of halogens is 1. The molecule has 0 fully saturated rings. The number of anilines is 1. The van der Waals surface area contributed by atoms with E-state index in [4.69, 9.17) is 22.2 Å². The quantitative estimate of drug-likeness (QED) is 0.394. The Bertz CT molecular complexity index is 401. The zero-order valence-corrected chi connectivity index (χ0v) is 11.0. The summed E-state index contributed by atoms with van der Waals surface area (Å²) in [5.41, 5.74) is 2.73. The molecule has 1 heterocycles. The lowest BCUT2D eigenvalue weighted by Crippen LogP contribution is -2.25. The highest BCUT2D eigenvalue weighted by atomic mass is 35.5. The van der Waals surface area contributed by atoms with E-state index in [1.54, 1.807) is 0 Å². The number of hydrogen-bond acceptors (Lipinski definition) is 5. The lowest BCUT2D eigenvalue weighted by atomic mass is 10.2. The van der Waals surface area contributed by atoms with Crippen LogP contribution in [0.3, 0.4) is 0 Å². The molecule has 0 saturated carbocycles. The highest BCUT2D eigenvalue weighted by molar-refractivity contribution is 6.33. The molecule has 0 aliphatic heterocycles. The van der Waals surface area contributed by atoms with Crippen LogP contribution in [0.25, 0.3) is 0 Å². The molecule has 0 aliphatic rings. The number of nitrogen functional groups attached to an aromatic ring is 1. The van der Waals surface area contributed by atoms with Gasteiger partial charge in [-0.25, -0.2) is 10.8 Å². The molecule has 100 valence electrons. The van der Waals surface area contributed by atoms with Crippen LogP contribution in [0, 0.1) is 0 Å². The molecule has 18 heavy (non-hydrogen) atoms. The number of amides is 1. The van der Waals surface area contributed by atoms with E-state index in [1.807, 2.05) is 6.92 Å². The molecular weight excluding hydrogens is 256 g/mol. The van der Waals surface area contributed by atoms with Gasteiger partial charge < -0.3 is 15.5 Å². The van der Waals surface area contributed by atoms with Crippen molar-refractivity contribution in [2.75, 3.05) is 25.2 Å². The molecule has 6 nitrogen and oxygen atoms in total. The van der Waals surface area contributed by atoms with Crippen molar-refractivity contribution in [3.63, 3.8) is 0 Å². The van der Waals surface area contributed by atoms with E-state index < -0.39 is 0 Å². The standard InChI is InChI=1S/C11H17ClN4O2/c1-2-18-5-3-4-14-11(17)8-6-9(12)10(16-13)15-7-8/h6-7H,2-5,13H2,1H3,(H,14,17)(H,15,16). The number of ether oxygens (including phenoxy) is 1. The molecule has 0 unspecified atom stereocenters. The molecule has 1 aromatic heterocycles. The molecule has 0 radical (unpaired) electrons. The summed E-state index contributed by atoms with van der Waals surface area (Å²) in [4.78, 5) is 15.6. The zero-order chi connectivity index (χ0) is 13.4. The van der Waals surface area contributed by atoms with E-state index in [0.29, 0.717) is 36.2 Å². The molecule has 0 aliphatic carbocycles. The predicted molar refractivity (Wildman–Crippen MR) is 70.5 cm³/mol. The minimum atomic E-state index is -0.218. The van der Waals surface area contributed by atoms with E-state index in [0.717, 1.165) is 6.42 Å². The maximum atomic E-state index is 11.7. The molecule has 1 aromatic rings. The second-order valence-electron chi connectivity index (χ2n) is 3.51. The van der Waals surface area contributed by atoms with Crippen molar-refractivity contribution in [2.45, 2.75) is 13.3 Å².